The highest BCUT2D eigenvalue weighted by Gasteiger charge is 2.35. The zero-order valence-corrected chi connectivity index (χ0v) is 19.9. The zero-order chi connectivity index (χ0) is 25.6. The molecule has 2 aromatic rings. The zero-order valence-electron chi connectivity index (χ0n) is 19.9. The van der Waals surface area contributed by atoms with Gasteiger partial charge in [0.05, 0.1) is 25.7 Å². The maximum absolute atomic E-state index is 13.0. The molecule has 0 aromatic heterocycles. The molecule has 2 atom stereocenters. The number of likely N-dealkylation sites (tertiary alicyclic amines) is 1. The van der Waals surface area contributed by atoms with Crippen molar-refractivity contribution in [3.05, 3.63) is 59.2 Å². The second-order valence-electron chi connectivity index (χ2n) is 8.39. The summed E-state index contributed by atoms with van der Waals surface area (Å²) in [5.74, 6) is -0.177. The molecule has 35 heavy (non-hydrogen) atoms. The van der Waals surface area contributed by atoms with Crippen molar-refractivity contribution in [3.63, 3.8) is 0 Å². The Labute approximate surface area is 202 Å². The lowest BCUT2D eigenvalue weighted by atomic mass is 9.83. The molecule has 1 N–H and O–H groups in total. The van der Waals surface area contributed by atoms with Gasteiger partial charge in [0.1, 0.15) is 6.61 Å². The molecule has 2 amide bonds. The summed E-state index contributed by atoms with van der Waals surface area (Å²) in [5, 5.41) is 2.73. The highest BCUT2D eigenvalue weighted by atomic mass is 19.4. The van der Waals surface area contributed by atoms with E-state index >= 15 is 0 Å². The topological polar surface area (TPSA) is 77.1 Å². The van der Waals surface area contributed by atoms with Crippen LogP contribution in [0.15, 0.2) is 42.5 Å². The molecule has 0 aliphatic carbocycles. The van der Waals surface area contributed by atoms with Crippen molar-refractivity contribution in [3.8, 4) is 11.5 Å². The molecule has 0 bridgehead atoms. The SMILES string of the molecule is COCC(=O)N1C[C@H](C(=O)NCc2cccc(C(F)(F)F)c2)C[C@@H](c2ccc(OC)c(OC)c2)C1. The number of carbonyl (C=O) groups excluding carboxylic acids is 2. The van der Waals surface area contributed by atoms with Crippen LogP contribution in [0.2, 0.25) is 0 Å². The Morgan fingerprint density at radius 2 is 1.77 bits per heavy atom. The first-order valence-electron chi connectivity index (χ1n) is 11.1. The van der Waals surface area contributed by atoms with E-state index in [4.69, 9.17) is 14.2 Å². The van der Waals surface area contributed by atoms with Crippen LogP contribution in [0.3, 0.4) is 0 Å². The highest BCUT2D eigenvalue weighted by Crippen LogP contribution is 2.36. The van der Waals surface area contributed by atoms with Crippen LogP contribution in [-0.2, 0) is 27.0 Å². The van der Waals surface area contributed by atoms with Gasteiger partial charge < -0.3 is 24.4 Å². The maximum atomic E-state index is 13.0. The second-order valence-corrected chi connectivity index (χ2v) is 8.39. The number of amides is 2. The number of methoxy groups -OCH3 is 3. The van der Waals surface area contributed by atoms with Crippen LogP contribution < -0.4 is 14.8 Å². The molecule has 3 rings (SSSR count). The van der Waals surface area contributed by atoms with Crippen LogP contribution in [0.1, 0.15) is 29.0 Å². The smallest absolute Gasteiger partial charge is 0.416 e. The number of hydrogen-bond donors (Lipinski definition) is 1. The van der Waals surface area contributed by atoms with E-state index < -0.39 is 17.7 Å². The number of nitrogens with zero attached hydrogens (tertiary/aromatic N) is 1. The van der Waals surface area contributed by atoms with Gasteiger partial charge in [-0.15, -0.1) is 0 Å². The molecule has 1 saturated heterocycles. The fraction of sp³-hybridized carbons (Fsp3) is 0.440. The van der Waals surface area contributed by atoms with Crippen molar-refractivity contribution in [1.82, 2.24) is 10.2 Å². The molecule has 190 valence electrons. The van der Waals surface area contributed by atoms with Crippen LogP contribution in [0.25, 0.3) is 0 Å². The number of piperidine rings is 1. The van der Waals surface area contributed by atoms with E-state index in [9.17, 15) is 22.8 Å². The Balaban J connectivity index is 1.77. The van der Waals surface area contributed by atoms with Crippen molar-refractivity contribution in [2.75, 3.05) is 41.0 Å². The lowest BCUT2D eigenvalue weighted by molar-refractivity contribution is -0.139. The Kier molecular flexibility index (Phi) is 8.61. The first-order valence-corrected chi connectivity index (χ1v) is 11.1. The summed E-state index contributed by atoms with van der Waals surface area (Å²) in [6.45, 7) is 0.430. The van der Waals surface area contributed by atoms with Gasteiger partial charge in [-0.25, -0.2) is 0 Å². The minimum Gasteiger partial charge on any atom is -0.493 e. The predicted octanol–water partition coefficient (Wildman–Crippen LogP) is 3.62. The monoisotopic (exact) mass is 494 g/mol. The number of alkyl halides is 3. The standard InChI is InChI=1S/C25H29F3N2O5/c1-33-15-23(31)30-13-18(17-7-8-21(34-2)22(11-17)35-3)10-19(14-30)24(32)29-12-16-5-4-6-20(9-16)25(26,27)28/h4-9,11,18-19H,10,12-15H2,1-3H3,(H,29,32)/t18-,19-/m1/s1. The third-order valence-electron chi connectivity index (χ3n) is 6.04. The summed E-state index contributed by atoms with van der Waals surface area (Å²) in [6.07, 6.45) is -4.00. The van der Waals surface area contributed by atoms with Gasteiger partial charge in [-0.05, 0) is 41.8 Å². The Bertz CT molecular complexity index is 1040. The minimum atomic E-state index is -4.46. The summed E-state index contributed by atoms with van der Waals surface area (Å²) >= 11 is 0. The lowest BCUT2D eigenvalue weighted by Crippen LogP contribution is -2.48. The number of ether oxygens (including phenoxy) is 3. The Morgan fingerprint density at radius 1 is 1.03 bits per heavy atom. The van der Waals surface area contributed by atoms with Crippen molar-refractivity contribution in [1.29, 1.82) is 0 Å². The van der Waals surface area contributed by atoms with Crippen molar-refractivity contribution < 1.29 is 37.0 Å². The molecular formula is C25H29F3N2O5. The average molecular weight is 495 g/mol. The molecule has 0 saturated carbocycles. The van der Waals surface area contributed by atoms with Gasteiger partial charge in [0, 0.05) is 32.7 Å². The quantitative estimate of drug-likeness (QED) is 0.607. The largest absolute Gasteiger partial charge is 0.493 e. The summed E-state index contributed by atoms with van der Waals surface area (Å²) in [4.78, 5) is 27.2. The van der Waals surface area contributed by atoms with Crippen molar-refractivity contribution >= 4 is 11.8 Å². The van der Waals surface area contributed by atoms with Crippen molar-refractivity contribution in [2.45, 2.75) is 25.1 Å². The number of benzene rings is 2. The van der Waals surface area contributed by atoms with Crippen LogP contribution in [0, 0.1) is 5.92 Å². The molecule has 1 fully saturated rings. The van der Waals surface area contributed by atoms with Crippen LogP contribution >= 0.6 is 0 Å². The van der Waals surface area contributed by atoms with Crippen LogP contribution in [0.4, 0.5) is 13.2 Å². The molecule has 7 nitrogen and oxygen atoms in total. The van der Waals surface area contributed by atoms with E-state index in [0.29, 0.717) is 30.0 Å². The van der Waals surface area contributed by atoms with E-state index in [0.717, 1.165) is 17.7 Å². The highest BCUT2D eigenvalue weighted by molar-refractivity contribution is 5.82. The molecule has 1 heterocycles. The summed E-state index contributed by atoms with van der Waals surface area (Å²) < 4.78 is 54.6. The average Bonchev–Trinajstić information content (AvgIpc) is 2.86. The maximum Gasteiger partial charge on any atom is 0.416 e. The van der Waals surface area contributed by atoms with Gasteiger partial charge in [-0.2, -0.15) is 13.2 Å². The minimum absolute atomic E-state index is 0.0493. The fourth-order valence-electron chi connectivity index (χ4n) is 4.25. The molecule has 1 aliphatic rings. The molecule has 1 aliphatic heterocycles. The molecule has 10 heteroatoms. The van der Waals surface area contributed by atoms with Crippen LogP contribution in [0.5, 0.6) is 11.5 Å². The molecular weight excluding hydrogens is 465 g/mol. The van der Waals surface area contributed by atoms with Gasteiger partial charge in [0.15, 0.2) is 11.5 Å². The van der Waals surface area contributed by atoms with E-state index in [1.165, 1.54) is 33.5 Å². The predicted molar refractivity (Wildman–Crippen MR) is 122 cm³/mol. The first-order chi connectivity index (χ1) is 16.7. The summed E-state index contributed by atoms with van der Waals surface area (Å²) in [6, 6.07) is 10.3. The number of carbonyl (C=O) groups is 2. The molecule has 0 spiro atoms. The molecule has 0 unspecified atom stereocenters. The lowest BCUT2D eigenvalue weighted by Gasteiger charge is -2.37. The summed E-state index contributed by atoms with van der Waals surface area (Å²) in [7, 11) is 4.49. The van der Waals surface area contributed by atoms with E-state index in [1.807, 2.05) is 12.1 Å². The van der Waals surface area contributed by atoms with Crippen LogP contribution in [-0.4, -0.2) is 57.7 Å². The van der Waals surface area contributed by atoms with Gasteiger partial charge in [-0.1, -0.05) is 18.2 Å². The molecule has 2 aromatic carbocycles. The second kappa shape index (κ2) is 11.4. The van der Waals surface area contributed by atoms with Crippen molar-refractivity contribution in [2.24, 2.45) is 5.92 Å². The van der Waals surface area contributed by atoms with E-state index in [2.05, 4.69) is 5.32 Å². The van der Waals surface area contributed by atoms with Gasteiger partial charge in [0.25, 0.3) is 0 Å². The normalized spacial score (nSPS) is 18.2. The van der Waals surface area contributed by atoms with Gasteiger partial charge >= 0.3 is 6.18 Å². The Hall–Kier alpha value is -3.27. The number of halogens is 3. The number of rotatable bonds is 8. The van der Waals surface area contributed by atoms with Gasteiger partial charge in [-0.3, -0.25) is 9.59 Å². The fourth-order valence-corrected chi connectivity index (χ4v) is 4.25. The summed E-state index contributed by atoms with van der Waals surface area (Å²) in [5.41, 5.74) is 0.452. The number of nitrogens with one attached hydrogen (secondary N) is 1. The van der Waals surface area contributed by atoms with E-state index in [1.54, 1.807) is 11.0 Å². The molecule has 0 radical (unpaired) electrons. The third-order valence-corrected chi connectivity index (χ3v) is 6.04. The number of hydrogen-bond acceptors (Lipinski definition) is 5. The van der Waals surface area contributed by atoms with E-state index in [-0.39, 0.29) is 37.4 Å². The first kappa shape index (κ1) is 26.3. The van der Waals surface area contributed by atoms with Gasteiger partial charge in [0.2, 0.25) is 11.8 Å². The third kappa shape index (κ3) is 6.66. The Morgan fingerprint density at radius 3 is 2.43 bits per heavy atom.